The minimum atomic E-state index is -0.421. The molecular weight excluding hydrogens is 326 g/mol. The molecule has 2 aromatic carbocycles. The third-order valence-electron chi connectivity index (χ3n) is 5.37. The molecule has 0 saturated carbocycles. The molecule has 0 spiro atoms. The van der Waals surface area contributed by atoms with Crippen LogP contribution in [-0.2, 0) is 9.53 Å². The molecule has 0 aliphatic carbocycles. The van der Waals surface area contributed by atoms with E-state index in [0.29, 0.717) is 0 Å². The average Bonchev–Trinajstić information content (AvgIpc) is 2.66. The predicted molar refractivity (Wildman–Crippen MR) is 99.8 cm³/mol. The number of carbonyl (C=O) groups is 1. The van der Waals surface area contributed by atoms with Gasteiger partial charge in [0, 0.05) is 11.1 Å². The molecule has 0 aromatic heterocycles. The highest BCUT2D eigenvalue weighted by atomic mass is 16.5. The van der Waals surface area contributed by atoms with Crippen LogP contribution in [0.25, 0.3) is 0 Å². The lowest BCUT2D eigenvalue weighted by Gasteiger charge is -2.29. The molecule has 136 valence electrons. The van der Waals surface area contributed by atoms with E-state index in [1.165, 1.54) is 32.4 Å². The standard InChI is InChI=1S/C22H25NO3/c1-16(15-23-13-7-2-8-14-23)25-22(24)21-17-9-3-5-11-19(17)26-20-12-6-4-10-18(20)21/h3-6,9-12,16,21H,2,7-8,13-15H2,1H3/p+1/t16-/m0/s1. The first-order valence-electron chi connectivity index (χ1n) is 9.62. The van der Waals surface area contributed by atoms with E-state index in [9.17, 15) is 4.79 Å². The fourth-order valence-corrected chi connectivity index (χ4v) is 4.13. The van der Waals surface area contributed by atoms with Gasteiger partial charge in [0.05, 0.1) is 13.1 Å². The summed E-state index contributed by atoms with van der Waals surface area (Å²) in [4.78, 5) is 14.6. The number of carbonyl (C=O) groups excluding carboxylic acids is 1. The summed E-state index contributed by atoms with van der Waals surface area (Å²) in [7, 11) is 0. The molecule has 4 rings (SSSR count). The number of piperidine rings is 1. The van der Waals surface area contributed by atoms with Gasteiger partial charge in [-0.25, -0.2) is 0 Å². The van der Waals surface area contributed by atoms with E-state index in [-0.39, 0.29) is 12.1 Å². The fraction of sp³-hybridized carbons (Fsp3) is 0.409. The van der Waals surface area contributed by atoms with Crippen molar-refractivity contribution in [3.05, 3.63) is 59.7 Å². The number of nitrogens with one attached hydrogen (secondary N) is 1. The molecule has 2 aromatic rings. The van der Waals surface area contributed by atoms with Gasteiger partial charge in [0.15, 0.2) is 0 Å². The van der Waals surface area contributed by atoms with Gasteiger partial charge in [-0.2, -0.15) is 0 Å². The maximum absolute atomic E-state index is 13.1. The van der Waals surface area contributed by atoms with Gasteiger partial charge in [-0.3, -0.25) is 4.79 Å². The summed E-state index contributed by atoms with van der Waals surface area (Å²) in [6.45, 7) is 5.27. The number of para-hydroxylation sites is 2. The summed E-state index contributed by atoms with van der Waals surface area (Å²) in [5.74, 6) is 0.872. The molecule has 2 heterocycles. The second-order valence-corrected chi connectivity index (χ2v) is 7.37. The van der Waals surface area contributed by atoms with Crippen molar-refractivity contribution in [3.63, 3.8) is 0 Å². The third-order valence-corrected chi connectivity index (χ3v) is 5.37. The number of ether oxygens (including phenoxy) is 2. The highest BCUT2D eigenvalue weighted by Crippen LogP contribution is 2.44. The largest absolute Gasteiger partial charge is 0.457 e. The Bertz CT molecular complexity index is 737. The molecule has 4 nitrogen and oxygen atoms in total. The number of quaternary nitrogens is 1. The molecule has 1 atom stereocenters. The highest BCUT2D eigenvalue weighted by Gasteiger charge is 2.34. The minimum Gasteiger partial charge on any atom is -0.457 e. The zero-order valence-corrected chi connectivity index (χ0v) is 15.2. The van der Waals surface area contributed by atoms with Crippen molar-refractivity contribution >= 4 is 5.97 Å². The van der Waals surface area contributed by atoms with Crippen LogP contribution < -0.4 is 9.64 Å². The summed E-state index contributed by atoms with van der Waals surface area (Å²) in [6, 6.07) is 15.5. The molecular formula is C22H26NO3+. The van der Waals surface area contributed by atoms with Crippen molar-refractivity contribution in [1.29, 1.82) is 0 Å². The Hall–Kier alpha value is -2.33. The number of likely N-dealkylation sites (tertiary alicyclic amines) is 1. The number of hydrogen-bond acceptors (Lipinski definition) is 3. The molecule has 1 N–H and O–H groups in total. The number of esters is 1. The lowest BCUT2D eigenvalue weighted by atomic mass is 9.88. The van der Waals surface area contributed by atoms with Crippen LogP contribution in [0, 0.1) is 0 Å². The zero-order chi connectivity index (χ0) is 17.9. The number of fused-ring (bicyclic) bond motifs is 2. The van der Waals surface area contributed by atoms with Crippen molar-refractivity contribution in [1.82, 2.24) is 0 Å². The third kappa shape index (κ3) is 3.47. The van der Waals surface area contributed by atoms with Gasteiger partial charge in [0.2, 0.25) is 0 Å². The molecule has 4 heteroatoms. The molecule has 2 aliphatic rings. The molecule has 0 radical (unpaired) electrons. The average molecular weight is 352 g/mol. The van der Waals surface area contributed by atoms with Gasteiger partial charge in [-0.05, 0) is 38.3 Å². The van der Waals surface area contributed by atoms with Crippen molar-refractivity contribution < 1.29 is 19.2 Å². The fourth-order valence-electron chi connectivity index (χ4n) is 4.13. The van der Waals surface area contributed by atoms with E-state index in [1.807, 2.05) is 55.5 Å². The smallest absolute Gasteiger partial charge is 0.318 e. The van der Waals surface area contributed by atoms with Gasteiger partial charge < -0.3 is 14.4 Å². The van der Waals surface area contributed by atoms with E-state index in [4.69, 9.17) is 9.47 Å². The van der Waals surface area contributed by atoms with Gasteiger partial charge >= 0.3 is 5.97 Å². The molecule has 0 amide bonds. The predicted octanol–water partition coefficient (Wildman–Crippen LogP) is 2.92. The van der Waals surface area contributed by atoms with Crippen molar-refractivity contribution in [3.8, 4) is 11.5 Å². The summed E-state index contributed by atoms with van der Waals surface area (Å²) in [6.07, 6.45) is 3.79. The Labute approximate surface area is 154 Å². The number of hydrogen-bond donors (Lipinski definition) is 1. The topological polar surface area (TPSA) is 40.0 Å². The van der Waals surface area contributed by atoms with Crippen LogP contribution in [0.1, 0.15) is 43.2 Å². The van der Waals surface area contributed by atoms with Crippen LogP contribution in [-0.4, -0.2) is 31.7 Å². The first-order valence-corrected chi connectivity index (χ1v) is 9.62. The molecule has 2 aliphatic heterocycles. The highest BCUT2D eigenvalue weighted by molar-refractivity contribution is 5.85. The van der Waals surface area contributed by atoms with Crippen molar-refractivity contribution in [2.24, 2.45) is 0 Å². The lowest BCUT2D eigenvalue weighted by molar-refractivity contribution is -0.907. The number of benzene rings is 2. The zero-order valence-electron chi connectivity index (χ0n) is 15.2. The Morgan fingerprint density at radius 2 is 1.62 bits per heavy atom. The van der Waals surface area contributed by atoms with Crippen LogP contribution in [0.15, 0.2) is 48.5 Å². The normalized spacial score (nSPS) is 18.3. The summed E-state index contributed by atoms with van der Waals surface area (Å²) in [5.41, 5.74) is 1.77. The van der Waals surface area contributed by atoms with E-state index in [1.54, 1.807) is 4.90 Å². The van der Waals surface area contributed by atoms with Crippen LogP contribution in [0.4, 0.5) is 0 Å². The maximum Gasteiger partial charge on any atom is 0.318 e. The Morgan fingerprint density at radius 3 is 2.23 bits per heavy atom. The second-order valence-electron chi connectivity index (χ2n) is 7.37. The molecule has 0 unspecified atom stereocenters. The van der Waals surface area contributed by atoms with Gasteiger partial charge in [0.1, 0.15) is 30.1 Å². The summed E-state index contributed by atoms with van der Waals surface area (Å²) < 4.78 is 11.9. The Morgan fingerprint density at radius 1 is 1.04 bits per heavy atom. The Kier molecular flexibility index (Phi) is 4.93. The Balaban J connectivity index is 1.53. The minimum absolute atomic E-state index is 0.0854. The first kappa shape index (κ1) is 17.1. The number of rotatable bonds is 4. The maximum atomic E-state index is 13.1. The summed E-state index contributed by atoms with van der Waals surface area (Å²) in [5, 5.41) is 0. The lowest BCUT2D eigenvalue weighted by Crippen LogP contribution is -3.13. The van der Waals surface area contributed by atoms with Crippen molar-refractivity contribution in [2.75, 3.05) is 19.6 Å². The molecule has 1 saturated heterocycles. The van der Waals surface area contributed by atoms with E-state index >= 15 is 0 Å². The van der Waals surface area contributed by atoms with Gasteiger partial charge in [-0.15, -0.1) is 0 Å². The molecule has 0 bridgehead atoms. The van der Waals surface area contributed by atoms with E-state index in [2.05, 4.69) is 0 Å². The molecule has 1 fully saturated rings. The van der Waals surface area contributed by atoms with Crippen molar-refractivity contribution in [2.45, 2.75) is 38.2 Å². The second kappa shape index (κ2) is 7.50. The monoisotopic (exact) mass is 352 g/mol. The van der Waals surface area contributed by atoms with Gasteiger partial charge in [0.25, 0.3) is 0 Å². The van der Waals surface area contributed by atoms with Crippen LogP contribution >= 0.6 is 0 Å². The first-order chi connectivity index (χ1) is 12.7. The SMILES string of the molecule is C[C@@H](C[NH+]1CCCCC1)OC(=O)C1c2ccccc2Oc2ccccc21. The van der Waals surface area contributed by atoms with Crippen LogP contribution in [0.5, 0.6) is 11.5 Å². The van der Waals surface area contributed by atoms with Crippen LogP contribution in [0.2, 0.25) is 0 Å². The van der Waals surface area contributed by atoms with Crippen LogP contribution in [0.3, 0.4) is 0 Å². The quantitative estimate of drug-likeness (QED) is 0.860. The molecule has 26 heavy (non-hydrogen) atoms. The van der Waals surface area contributed by atoms with Gasteiger partial charge in [-0.1, -0.05) is 36.4 Å². The summed E-state index contributed by atoms with van der Waals surface area (Å²) >= 11 is 0. The van der Waals surface area contributed by atoms with E-state index < -0.39 is 5.92 Å². The van der Waals surface area contributed by atoms with E-state index in [0.717, 1.165) is 29.2 Å².